The molecule has 0 bridgehead atoms. The van der Waals surface area contributed by atoms with Crippen molar-refractivity contribution < 1.29 is 23.1 Å². The predicted octanol–water partition coefficient (Wildman–Crippen LogP) is 3.48. The van der Waals surface area contributed by atoms with Gasteiger partial charge in [0.25, 0.3) is 5.91 Å². The van der Waals surface area contributed by atoms with Crippen molar-refractivity contribution >= 4 is 23.6 Å². The minimum atomic E-state index is -0.746. The van der Waals surface area contributed by atoms with Crippen LogP contribution in [0.2, 0.25) is 0 Å². The van der Waals surface area contributed by atoms with Gasteiger partial charge in [-0.15, -0.1) is 11.8 Å². The molecule has 1 atom stereocenters. The Labute approximate surface area is 148 Å². The van der Waals surface area contributed by atoms with E-state index in [1.165, 1.54) is 17.8 Å². The molecule has 7 heteroatoms. The van der Waals surface area contributed by atoms with Gasteiger partial charge in [-0.25, -0.2) is 8.78 Å². The summed E-state index contributed by atoms with van der Waals surface area (Å²) < 4.78 is 31.4. The number of carbonyl (C=O) groups is 2. The van der Waals surface area contributed by atoms with E-state index in [9.17, 15) is 18.4 Å². The van der Waals surface area contributed by atoms with Crippen molar-refractivity contribution in [3.63, 3.8) is 0 Å². The molecule has 0 spiro atoms. The molecule has 0 fully saturated rings. The van der Waals surface area contributed by atoms with Gasteiger partial charge in [0.2, 0.25) is 0 Å². The van der Waals surface area contributed by atoms with E-state index in [0.29, 0.717) is 0 Å². The van der Waals surface area contributed by atoms with Crippen LogP contribution in [0.3, 0.4) is 0 Å². The molecule has 0 aromatic heterocycles. The molecule has 0 unspecified atom stereocenters. The van der Waals surface area contributed by atoms with Crippen LogP contribution in [0.5, 0.6) is 0 Å². The van der Waals surface area contributed by atoms with E-state index in [1.807, 2.05) is 30.3 Å². The molecule has 0 saturated carbocycles. The summed E-state index contributed by atoms with van der Waals surface area (Å²) in [6.45, 7) is 1.10. The fourth-order valence-corrected chi connectivity index (χ4v) is 2.78. The van der Waals surface area contributed by atoms with E-state index < -0.39 is 36.2 Å². The van der Waals surface area contributed by atoms with E-state index in [1.54, 1.807) is 6.92 Å². The van der Waals surface area contributed by atoms with Crippen molar-refractivity contribution in [1.29, 1.82) is 0 Å². The number of thioether (sulfide) groups is 1. The fraction of sp³-hybridized carbons (Fsp3) is 0.222. The van der Waals surface area contributed by atoms with Crippen LogP contribution in [-0.4, -0.2) is 24.2 Å². The number of hydrogen-bond acceptors (Lipinski definition) is 4. The van der Waals surface area contributed by atoms with Gasteiger partial charge in [0.05, 0.1) is 11.8 Å². The molecular formula is C18H17F2NO3S. The van der Waals surface area contributed by atoms with E-state index in [-0.39, 0.29) is 11.3 Å². The zero-order valence-corrected chi connectivity index (χ0v) is 14.3. The lowest BCUT2D eigenvalue weighted by Gasteiger charge is -2.15. The summed E-state index contributed by atoms with van der Waals surface area (Å²) in [5.41, 5.74) is 0.153. The van der Waals surface area contributed by atoms with Crippen molar-refractivity contribution in [1.82, 2.24) is 5.32 Å². The molecule has 1 amide bonds. The highest BCUT2D eigenvalue weighted by atomic mass is 32.2. The Morgan fingerprint density at radius 1 is 1.16 bits per heavy atom. The average molecular weight is 365 g/mol. The van der Waals surface area contributed by atoms with Gasteiger partial charge in [0.1, 0.15) is 11.6 Å². The third kappa shape index (κ3) is 6.19. The number of halogens is 2. The molecule has 2 rings (SSSR count). The van der Waals surface area contributed by atoms with Crippen LogP contribution in [0, 0.1) is 11.6 Å². The standard InChI is InChI=1S/C18H17F2NO3S/c1-12(15-8-7-13(19)9-16(15)20)21-17(22)10-24-18(23)11-25-14-5-3-2-4-6-14/h2-9,12H,10-11H2,1H3,(H,21,22)/t12-/m0/s1. The van der Waals surface area contributed by atoms with Crippen molar-refractivity contribution in [3.8, 4) is 0 Å². The first-order valence-electron chi connectivity index (χ1n) is 7.53. The van der Waals surface area contributed by atoms with Crippen LogP contribution in [0.15, 0.2) is 53.4 Å². The summed E-state index contributed by atoms with van der Waals surface area (Å²) in [5, 5.41) is 2.50. The molecule has 0 saturated heterocycles. The lowest BCUT2D eigenvalue weighted by Crippen LogP contribution is -2.31. The number of amides is 1. The van der Waals surface area contributed by atoms with Gasteiger partial charge >= 0.3 is 5.97 Å². The number of ether oxygens (including phenoxy) is 1. The molecule has 2 aromatic carbocycles. The summed E-state index contributed by atoms with van der Waals surface area (Å²) in [5.74, 6) is -2.44. The van der Waals surface area contributed by atoms with Gasteiger partial charge in [-0.3, -0.25) is 9.59 Å². The molecule has 0 heterocycles. The molecule has 25 heavy (non-hydrogen) atoms. The van der Waals surface area contributed by atoms with Crippen LogP contribution >= 0.6 is 11.8 Å². The Kier molecular flexibility index (Phi) is 6.94. The van der Waals surface area contributed by atoms with E-state index in [2.05, 4.69) is 5.32 Å². The SMILES string of the molecule is C[C@H](NC(=O)COC(=O)CSc1ccccc1)c1ccc(F)cc1F. The smallest absolute Gasteiger partial charge is 0.316 e. The lowest BCUT2D eigenvalue weighted by atomic mass is 10.1. The predicted molar refractivity (Wildman–Crippen MR) is 91.0 cm³/mol. The molecule has 0 aliphatic carbocycles. The van der Waals surface area contributed by atoms with Gasteiger partial charge in [0.15, 0.2) is 6.61 Å². The van der Waals surface area contributed by atoms with Gasteiger partial charge in [-0.1, -0.05) is 24.3 Å². The highest BCUT2D eigenvalue weighted by Crippen LogP contribution is 2.18. The Morgan fingerprint density at radius 3 is 2.56 bits per heavy atom. The summed E-state index contributed by atoms with van der Waals surface area (Å²) in [6.07, 6.45) is 0. The molecule has 2 aromatic rings. The van der Waals surface area contributed by atoms with Gasteiger partial charge < -0.3 is 10.1 Å². The zero-order chi connectivity index (χ0) is 18.2. The van der Waals surface area contributed by atoms with Gasteiger partial charge in [-0.05, 0) is 25.1 Å². The minimum Gasteiger partial charge on any atom is -0.455 e. The number of esters is 1. The Balaban J connectivity index is 1.75. The molecule has 0 aliphatic rings. The van der Waals surface area contributed by atoms with Crippen LogP contribution in [-0.2, 0) is 14.3 Å². The second-order valence-corrected chi connectivity index (χ2v) is 6.27. The molecular weight excluding hydrogens is 348 g/mol. The van der Waals surface area contributed by atoms with Crippen molar-refractivity contribution in [2.45, 2.75) is 17.9 Å². The average Bonchev–Trinajstić information content (AvgIpc) is 2.59. The highest BCUT2D eigenvalue weighted by Gasteiger charge is 2.15. The topological polar surface area (TPSA) is 55.4 Å². The molecule has 132 valence electrons. The first-order valence-corrected chi connectivity index (χ1v) is 8.52. The van der Waals surface area contributed by atoms with Gasteiger partial charge in [-0.2, -0.15) is 0 Å². The normalized spacial score (nSPS) is 11.6. The monoisotopic (exact) mass is 365 g/mol. The number of carbonyl (C=O) groups excluding carboxylic acids is 2. The zero-order valence-electron chi connectivity index (χ0n) is 13.5. The first kappa shape index (κ1) is 18.9. The molecule has 0 radical (unpaired) electrons. The highest BCUT2D eigenvalue weighted by molar-refractivity contribution is 8.00. The van der Waals surface area contributed by atoms with Crippen molar-refractivity contribution in [2.24, 2.45) is 0 Å². The summed E-state index contributed by atoms with van der Waals surface area (Å²) >= 11 is 1.30. The quantitative estimate of drug-likeness (QED) is 0.603. The largest absolute Gasteiger partial charge is 0.455 e. The van der Waals surface area contributed by atoms with Crippen LogP contribution in [0.1, 0.15) is 18.5 Å². The molecule has 4 nitrogen and oxygen atoms in total. The molecule has 1 N–H and O–H groups in total. The third-order valence-corrected chi connectivity index (χ3v) is 4.26. The van der Waals surface area contributed by atoms with Crippen LogP contribution < -0.4 is 5.32 Å². The Hall–Kier alpha value is -2.41. The van der Waals surface area contributed by atoms with Crippen molar-refractivity contribution in [2.75, 3.05) is 12.4 Å². The van der Waals surface area contributed by atoms with E-state index in [4.69, 9.17) is 4.74 Å². The maximum atomic E-state index is 13.6. The van der Waals surface area contributed by atoms with Crippen LogP contribution in [0.4, 0.5) is 8.78 Å². The van der Waals surface area contributed by atoms with Crippen LogP contribution in [0.25, 0.3) is 0 Å². The number of benzene rings is 2. The maximum Gasteiger partial charge on any atom is 0.316 e. The third-order valence-electron chi connectivity index (χ3n) is 3.27. The summed E-state index contributed by atoms with van der Waals surface area (Å²) in [4.78, 5) is 24.4. The van der Waals surface area contributed by atoms with Crippen molar-refractivity contribution in [3.05, 3.63) is 65.7 Å². The number of nitrogens with one attached hydrogen (secondary N) is 1. The minimum absolute atomic E-state index is 0.0828. The summed E-state index contributed by atoms with van der Waals surface area (Å²) in [7, 11) is 0. The second kappa shape index (κ2) is 9.17. The molecule has 0 aliphatic heterocycles. The summed E-state index contributed by atoms with van der Waals surface area (Å²) in [6, 6.07) is 11.8. The van der Waals surface area contributed by atoms with E-state index in [0.717, 1.165) is 17.0 Å². The number of hydrogen-bond donors (Lipinski definition) is 1. The van der Waals surface area contributed by atoms with E-state index >= 15 is 0 Å². The lowest BCUT2D eigenvalue weighted by molar-refractivity contribution is -0.146. The second-order valence-electron chi connectivity index (χ2n) is 5.22. The van der Waals surface area contributed by atoms with Gasteiger partial charge in [0, 0.05) is 16.5 Å². The number of rotatable bonds is 7. The Morgan fingerprint density at radius 2 is 1.88 bits per heavy atom. The Bertz CT molecular complexity index is 740. The maximum absolute atomic E-state index is 13.6. The first-order chi connectivity index (χ1) is 12.0. The fourth-order valence-electron chi connectivity index (χ4n) is 2.06.